The normalized spacial score (nSPS) is 21.2. The standard InChI is InChI=1S/C18H22ClN3O5S/c19-13-9-14-15(27-11-17(23)20-14)10-16(13)28(25,26)22-7-5-21(6-8-22)18(24)12-3-1-2-4-12/h9-10,12H,1-8,11H2,(H,20,23). The van der Waals surface area contributed by atoms with Crippen molar-refractivity contribution in [2.24, 2.45) is 5.92 Å². The van der Waals surface area contributed by atoms with Crippen LogP contribution in [0.2, 0.25) is 5.02 Å². The predicted octanol–water partition coefficient (Wildman–Crippen LogP) is 1.69. The van der Waals surface area contributed by atoms with Crippen LogP contribution in [0.4, 0.5) is 5.69 Å². The molecule has 2 heterocycles. The molecule has 1 saturated heterocycles. The largest absolute Gasteiger partial charge is 0.482 e. The molecule has 0 bridgehead atoms. The minimum atomic E-state index is -3.84. The Kier molecular flexibility index (Phi) is 5.24. The molecule has 0 radical (unpaired) electrons. The zero-order valence-corrected chi connectivity index (χ0v) is 16.9. The molecule has 2 fully saturated rings. The van der Waals surface area contributed by atoms with Crippen molar-refractivity contribution in [3.63, 3.8) is 0 Å². The fourth-order valence-corrected chi connectivity index (χ4v) is 5.94. The first kappa shape index (κ1) is 19.5. The highest BCUT2D eigenvalue weighted by Gasteiger charge is 2.35. The van der Waals surface area contributed by atoms with Gasteiger partial charge in [0.15, 0.2) is 6.61 Å². The number of benzene rings is 1. The number of nitrogens with zero attached hydrogens (tertiary/aromatic N) is 2. The highest BCUT2D eigenvalue weighted by atomic mass is 35.5. The van der Waals surface area contributed by atoms with Crippen molar-refractivity contribution in [2.45, 2.75) is 30.6 Å². The number of carbonyl (C=O) groups excluding carboxylic acids is 2. The summed E-state index contributed by atoms with van der Waals surface area (Å²) in [6.07, 6.45) is 4.03. The lowest BCUT2D eigenvalue weighted by molar-refractivity contribution is -0.136. The lowest BCUT2D eigenvalue weighted by Crippen LogP contribution is -2.51. The molecule has 0 atom stereocenters. The van der Waals surface area contributed by atoms with Gasteiger partial charge in [0.25, 0.3) is 5.91 Å². The first-order chi connectivity index (χ1) is 13.4. The zero-order valence-electron chi connectivity index (χ0n) is 15.3. The lowest BCUT2D eigenvalue weighted by Gasteiger charge is -2.35. The van der Waals surface area contributed by atoms with Crippen molar-refractivity contribution in [1.29, 1.82) is 0 Å². The molecule has 1 aromatic rings. The molecule has 2 aliphatic heterocycles. The lowest BCUT2D eigenvalue weighted by atomic mass is 10.1. The summed E-state index contributed by atoms with van der Waals surface area (Å²) in [4.78, 5) is 25.7. The van der Waals surface area contributed by atoms with Gasteiger partial charge >= 0.3 is 0 Å². The summed E-state index contributed by atoms with van der Waals surface area (Å²) in [7, 11) is -3.84. The van der Waals surface area contributed by atoms with Gasteiger partial charge in [-0.15, -0.1) is 0 Å². The topological polar surface area (TPSA) is 96.0 Å². The van der Waals surface area contributed by atoms with Gasteiger partial charge in [0, 0.05) is 38.2 Å². The Labute approximate surface area is 168 Å². The van der Waals surface area contributed by atoms with E-state index in [4.69, 9.17) is 16.3 Å². The quantitative estimate of drug-likeness (QED) is 0.791. The third-order valence-corrected chi connectivity index (χ3v) is 7.90. The van der Waals surface area contributed by atoms with Gasteiger partial charge in [0.2, 0.25) is 15.9 Å². The summed E-state index contributed by atoms with van der Waals surface area (Å²) in [5.41, 5.74) is 0.354. The number of rotatable bonds is 3. The highest BCUT2D eigenvalue weighted by molar-refractivity contribution is 7.89. The van der Waals surface area contributed by atoms with E-state index in [1.807, 2.05) is 0 Å². The SMILES string of the molecule is O=C1COc2cc(S(=O)(=O)N3CCN(C(=O)C4CCCC4)CC3)c(Cl)cc2N1. The number of hydrogen-bond donors (Lipinski definition) is 1. The molecule has 10 heteroatoms. The van der Waals surface area contributed by atoms with Crippen LogP contribution < -0.4 is 10.1 Å². The van der Waals surface area contributed by atoms with E-state index in [9.17, 15) is 18.0 Å². The van der Waals surface area contributed by atoms with Crippen molar-refractivity contribution in [3.8, 4) is 5.75 Å². The molecule has 1 aliphatic carbocycles. The van der Waals surface area contributed by atoms with Gasteiger partial charge in [-0.2, -0.15) is 4.31 Å². The predicted molar refractivity (Wildman–Crippen MR) is 103 cm³/mol. The van der Waals surface area contributed by atoms with E-state index in [1.54, 1.807) is 4.90 Å². The average Bonchev–Trinajstić information content (AvgIpc) is 3.21. The molecule has 1 saturated carbocycles. The third kappa shape index (κ3) is 3.58. The van der Waals surface area contributed by atoms with Crippen molar-refractivity contribution in [1.82, 2.24) is 9.21 Å². The van der Waals surface area contributed by atoms with Gasteiger partial charge in [0.1, 0.15) is 10.6 Å². The third-order valence-electron chi connectivity index (χ3n) is 5.54. The number of nitrogens with one attached hydrogen (secondary N) is 1. The smallest absolute Gasteiger partial charge is 0.262 e. The van der Waals surface area contributed by atoms with E-state index in [0.717, 1.165) is 25.7 Å². The van der Waals surface area contributed by atoms with Crippen molar-refractivity contribution < 1.29 is 22.7 Å². The second-order valence-corrected chi connectivity index (χ2v) is 9.64. The number of ether oxygens (including phenoxy) is 1. The van der Waals surface area contributed by atoms with Crippen LogP contribution in [0.1, 0.15) is 25.7 Å². The summed E-state index contributed by atoms with van der Waals surface area (Å²) in [5, 5.41) is 2.63. The number of hydrogen-bond acceptors (Lipinski definition) is 5. The van der Waals surface area contributed by atoms with Gasteiger partial charge in [-0.05, 0) is 18.9 Å². The Morgan fingerprint density at radius 3 is 2.50 bits per heavy atom. The molecule has 0 spiro atoms. The van der Waals surface area contributed by atoms with Crippen LogP contribution in [0.5, 0.6) is 5.75 Å². The number of carbonyl (C=O) groups is 2. The molecule has 1 N–H and O–H groups in total. The van der Waals surface area contributed by atoms with Gasteiger partial charge < -0.3 is 15.0 Å². The number of halogens is 1. The average molecular weight is 428 g/mol. The summed E-state index contributed by atoms with van der Waals surface area (Å²) < 4.78 is 32.8. The van der Waals surface area contributed by atoms with Gasteiger partial charge in [-0.25, -0.2) is 8.42 Å². The monoisotopic (exact) mass is 427 g/mol. The number of fused-ring (bicyclic) bond motifs is 1. The first-order valence-corrected chi connectivity index (χ1v) is 11.2. The molecule has 3 aliphatic rings. The summed E-state index contributed by atoms with van der Waals surface area (Å²) in [6.45, 7) is 1.04. The van der Waals surface area contributed by atoms with E-state index in [1.165, 1.54) is 16.4 Å². The summed E-state index contributed by atoms with van der Waals surface area (Å²) >= 11 is 6.20. The van der Waals surface area contributed by atoms with Crippen LogP contribution >= 0.6 is 11.6 Å². The summed E-state index contributed by atoms with van der Waals surface area (Å²) in [6, 6.07) is 2.74. The Bertz CT molecular complexity index is 906. The highest BCUT2D eigenvalue weighted by Crippen LogP contribution is 2.37. The molecule has 2 amide bonds. The minimum absolute atomic E-state index is 0.0222. The van der Waals surface area contributed by atoms with Crippen molar-refractivity contribution >= 4 is 39.1 Å². The maximum Gasteiger partial charge on any atom is 0.262 e. The molecule has 28 heavy (non-hydrogen) atoms. The van der Waals surface area contributed by atoms with E-state index >= 15 is 0 Å². The Morgan fingerprint density at radius 1 is 1.14 bits per heavy atom. The molecule has 4 rings (SSSR count). The van der Waals surface area contributed by atoms with Crippen LogP contribution in [0.3, 0.4) is 0 Å². The van der Waals surface area contributed by atoms with Crippen LogP contribution in [0.15, 0.2) is 17.0 Å². The Balaban J connectivity index is 1.49. The van der Waals surface area contributed by atoms with Crippen LogP contribution in [0, 0.1) is 5.92 Å². The van der Waals surface area contributed by atoms with Crippen molar-refractivity contribution in [2.75, 3.05) is 38.1 Å². The number of anilines is 1. The van der Waals surface area contributed by atoms with Crippen molar-refractivity contribution in [3.05, 3.63) is 17.2 Å². The molecule has 0 unspecified atom stereocenters. The second kappa shape index (κ2) is 7.53. The molecule has 152 valence electrons. The Hall–Kier alpha value is -1.84. The molecule has 0 aromatic heterocycles. The minimum Gasteiger partial charge on any atom is -0.482 e. The van der Waals surface area contributed by atoms with E-state index in [2.05, 4.69) is 5.32 Å². The van der Waals surface area contributed by atoms with Crippen LogP contribution in [-0.4, -0.2) is 62.2 Å². The molecular formula is C18H22ClN3O5S. The number of sulfonamides is 1. The maximum absolute atomic E-state index is 13.1. The van der Waals surface area contributed by atoms with Crippen LogP contribution in [-0.2, 0) is 19.6 Å². The van der Waals surface area contributed by atoms with E-state index in [-0.39, 0.29) is 53.1 Å². The summed E-state index contributed by atoms with van der Waals surface area (Å²) in [5.74, 6) is 0.191. The van der Waals surface area contributed by atoms with Gasteiger partial charge in [-0.3, -0.25) is 9.59 Å². The second-order valence-electron chi connectivity index (χ2n) is 7.33. The molecule has 1 aromatic carbocycles. The maximum atomic E-state index is 13.1. The first-order valence-electron chi connectivity index (χ1n) is 9.41. The van der Waals surface area contributed by atoms with Crippen LogP contribution in [0.25, 0.3) is 0 Å². The number of amides is 2. The zero-order chi connectivity index (χ0) is 19.9. The molecular weight excluding hydrogens is 406 g/mol. The fourth-order valence-electron chi connectivity index (χ4n) is 4.00. The number of piperazine rings is 1. The van der Waals surface area contributed by atoms with Gasteiger partial charge in [-0.1, -0.05) is 24.4 Å². The van der Waals surface area contributed by atoms with Gasteiger partial charge in [0.05, 0.1) is 10.7 Å². The van der Waals surface area contributed by atoms with E-state index in [0.29, 0.717) is 18.8 Å². The van der Waals surface area contributed by atoms with E-state index < -0.39 is 10.0 Å². The molecule has 8 nitrogen and oxygen atoms in total. The fraction of sp³-hybridized carbons (Fsp3) is 0.556. The Morgan fingerprint density at radius 2 is 1.82 bits per heavy atom.